The predicted molar refractivity (Wildman–Crippen MR) is 157 cm³/mol. The highest BCUT2D eigenvalue weighted by Crippen LogP contribution is 2.37. The molecule has 0 spiro atoms. The van der Waals surface area contributed by atoms with Crippen LogP contribution in [0.15, 0.2) is 52.7 Å². The predicted octanol–water partition coefficient (Wildman–Crippen LogP) is 5.53. The van der Waals surface area contributed by atoms with Crippen LogP contribution in [-0.4, -0.2) is 54.6 Å². The van der Waals surface area contributed by atoms with E-state index in [-0.39, 0.29) is 29.5 Å². The van der Waals surface area contributed by atoms with Gasteiger partial charge in [0.1, 0.15) is 28.8 Å². The van der Waals surface area contributed by atoms with Gasteiger partial charge in [-0.2, -0.15) is 18.8 Å². The molecule has 0 radical (unpaired) electrons. The molecule has 0 fully saturated rings. The normalized spacial score (nSPS) is 11.9. The van der Waals surface area contributed by atoms with Crippen molar-refractivity contribution in [2.45, 2.75) is 46.5 Å². The monoisotopic (exact) mass is 581 g/mol. The number of nitriles is 1. The Kier molecular flexibility index (Phi) is 9.85. The Labute approximate surface area is 240 Å². The number of nitrogens with one attached hydrogen (secondary N) is 1. The molecule has 0 saturated carbocycles. The first-order chi connectivity index (χ1) is 19.3. The number of hydrogen-bond acceptors (Lipinski definition) is 9. The summed E-state index contributed by atoms with van der Waals surface area (Å²) in [5, 5.41) is 26.5. The van der Waals surface area contributed by atoms with Crippen molar-refractivity contribution in [2.24, 2.45) is 10.2 Å². The molecule has 12 nitrogen and oxygen atoms in total. The van der Waals surface area contributed by atoms with Gasteiger partial charge in [-0.25, -0.2) is 4.68 Å². The zero-order valence-corrected chi connectivity index (χ0v) is 24.9. The van der Waals surface area contributed by atoms with Gasteiger partial charge >= 0.3 is 0 Å². The molecule has 218 valence electrons. The van der Waals surface area contributed by atoms with Gasteiger partial charge in [0.05, 0.1) is 24.2 Å². The first-order valence-corrected chi connectivity index (χ1v) is 14.6. The summed E-state index contributed by atoms with van der Waals surface area (Å²) in [6, 6.07) is 14.6. The van der Waals surface area contributed by atoms with Crippen LogP contribution in [0.4, 0.5) is 22.9 Å². The second-order valence-corrected chi connectivity index (χ2v) is 11.9. The maximum absolute atomic E-state index is 12.0. The van der Waals surface area contributed by atoms with Crippen molar-refractivity contribution in [1.29, 1.82) is 5.26 Å². The maximum Gasteiger partial charge on any atom is 0.264 e. The Balaban J connectivity index is 2.11. The van der Waals surface area contributed by atoms with Crippen molar-refractivity contribution >= 4 is 38.9 Å². The number of nitrogens with zero attached hydrogens (tertiary/aromatic N) is 6. The lowest BCUT2D eigenvalue weighted by molar-refractivity contribution is -0.114. The Bertz CT molecular complexity index is 1580. The molecule has 0 unspecified atom stereocenters. The van der Waals surface area contributed by atoms with E-state index in [1.54, 1.807) is 37.4 Å². The first-order valence-electron chi connectivity index (χ1n) is 13.0. The van der Waals surface area contributed by atoms with Gasteiger partial charge in [-0.15, -0.1) is 10.2 Å². The molecule has 3 aromatic rings. The van der Waals surface area contributed by atoms with Crippen LogP contribution < -0.4 is 15.0 Å². The highest BCUT2D eigenvalue weighted by atomic mass is 32.2. The number of ether oxygens (including phenoxy) is 1. The highest BCUT2D eigenvalue weighted by Gasteiger charge is 2.28. The summed E-state index contributed by atoms with van der Waals surface area (Å²) in [7, 11) is -2.52. The van der Waals surface area contributed by atoms with Crippen molar-refractivity contribution in [2.75, 3.05) is 36.2 Å². The Morgan fingerprint density at radius 1 is 1.22 bits per heavy atom. The molecule has 13 heteroatoms. The molecular formula is C28H35N7O5S. The number of rotatable bonds is 11. The first kappa shape index (κ1) is 31.3. The number of hydrogen-bond donors (Lipinski definition) is 2. The lowest BCUT2D eigenvalue weighted by Crippen LogP contribution is -2.25. The van der Waals surface area contributed by atoms with Crippen LogP contribution in [0, 0.1) is 11.3 Å². The van der Waals surface area contributed by atoms with E-state index in [0.717, 1.165) is 5.69 Å². The van der Waals surface area contributed by atoms with E-state index in [2.05, 4.69) is 21.6 Å². The Hall–Kier alpha value is -4.28. The molecule has 0 aliphatic carbocycles. The summed E-state index contributed by atoms with van der Waals surface area (Å²) in [4.78, 5) is 13.9. The molecule has 2 aromatic carbocycles. The van der Waals surface area contributed by atoms with Crippen LogP contribution in [0.25, 0.3) is 5.69 Å². The molecule has 41 heavy (non-hydrogen) atoms. The minimum Gasteiger partial charge on any atom is -0.494 e. The summed E-state index contributed by atoms with van der Waals surface area (Å²) in [5.41, 5.74) is 2.36. The van der Waals surface area contributed by atoms with Crippen LogP contribution in [0.3, 0.4) is 0 Å². The summed E-state index contributed by atoms with van der Waals surface area (Å²) >= 11 is 0. The summed E-state index contributed by atoms with van der Waals surface area (Å²) in [5.74, 6) is 0.0692. The van der Waals surface area contributed by atoms with Gasteiger partial charge in [0.2, 0.25) is 5.91 Å². The zero-order chi connectivity index (χ0) is 30.4. The average molecular weight is 582 g/mol. The molecule has 1 aromatic heterocycles. The number of carbonyl (C=O) groups excluding carboxylic acids is 1. The molecule has 1 heterocycles. The number of para-hydroxylation sites is 2. The number of amides is 1. The molecule has 0 atom stereocenters. The molecule has 2 N–H and O–H groups in total. The fraction of sp³-hybridized carbons (Fsp3) is 0.393. The minimum atomic E-state index is -4.07. The van der Waals surface area contributed by atoms with E-state index in [1.807, 2.05) is 44.7 Å². The van der Waals surface area contributed by atoms with Crippen molar-refractivity contribution in [3.8, 4) is 17.5 Å². The molecule has 1 amide bonds. The van der Waals surface area contributed by atoms with Gasteiger partial charge in [-0.3, -0.25) is 9.35 Å². The average Bonchev–Trinajstić information content (AvgIpc) is 3.28. The van der Waals surface area contributed by atoms with Crippen LogP contribution in [0.5, 0.6) is 5.75 Å². The van der Waals surface area contributed by atoms with Crippen molar-refractivity contribution in [3.63, 3.8) is 0 Å². The highest BCUT2D eigenvalue weighted by molar-refractivity contribution is 7.85. The van der Waals surface area contributed by atoms with Gasteiger partial charge < -0.3 is 15.0 Å². The quantitative estimate of drug-likeness (QED) is 0.221. The number of anilines is 2. The fourth-order valence-electron chi connectivity index (χ4n) is 4.21. The molecule has 0 aliphatic heterocycles. The van der Waals surface area contributed by atoms with E-state index < -0.39 is 15.5 Å². The SMILES string of the molecule is CCN(CCCS(=O)(=O)O)c1ccc(N=Nc2c(C#N)c(C(C)(C)C)nn2-c2ccccc2OC)c(NC(C)=O)c1. The number of methoxy groups -OCH3 is 1. The smallest absolute Gasteiger partial charge is 0.264 e. The minimum absolute atomic E-state index is 0.208. The van der Waals surface area contributed by atoms with Crippen molar-refractivity contribution in [3.05, 3.63) is 53.7 Å². The van der Waals surface area contributed by atoms with Crippen LogP contribution in [0.1, 0.15) is 52.3 Å². The third-order valence-corrected chi connectivity index (χ3v) is 6.92. The van der Waals surface area contributed by atoms with Gasteiger partial charge in [0.15, 0.2) is 5.82 Å². The second-order valence-electron chi connectivity index (χ2n) is 10.3. The summed E-state index contributed by atoms with van der Waals surface area (Å²) in [6.45, 7) is 10.1. The molecule has 0 bridgehead atoms. The number of benzene rings is 2. The number of carbonyl (C=O) groups is 1. The Morgan fingerprint density at radius 2 is 1.93 bits per heavy atom. The molecule has 0 aliphatic rings. The van der Waals surface area contributed by atoms with E-state index in [4.69, 9.17) is 14.4 Å². The van der Waals surface area contributed by atoms with Gasteiger partial charge in [-0.05, 0) is 43.7 Å². The van der Waals surface area contributed by atoms with Crippen molar-refractivity contribution < 1.29 is 22.5 Å². The third kappa shape index (κ3) is 7.90. The summed E-state index contributed by atoms with van der Waals surface area (Å²) < 4.78 is 38.4. The molecule has 0 saturated heterocycles. The molecule has 3 rings (SSSR count). The third-order valence-electron chi connectivity index (χ3n) is 6.12. The van der Waals surface area contributed by atoms with Gasteiger partial charge in [0.25, 0.3) is 10.1 Å². The Morgan fingerprint density at radius 3 is 2.51 bits per heavy atom. The van der Waals surface area contributed by atoms with Crippen LogP contribution in [-0.2, 0) is 20.3 Å². The lowest BCUT2D eigenvalue weighted by atomic mass is 9.90. The van der Waals surface area contributed by atoms with Gasteiger partial charge in [0, 0.05) is 31.1 Å². The second kappa shape index (κ2) is 12.9. The van der Waals surface area contributed by atoms with E-state index in [9.17, 15) is 18.5 Å². The topological polar surface area (TPSA) is 162 Å². The lowest BCUT2D eigenvalue weighted by Gasteiger charge is -2.24. The zero-order valence-electron chi connectivity index (χ0n) is 24.0. The van der Waals surface area contributed by atoms with Crippen LogP contribution >= 0.6 is 0 Å². The summed E-state index contributed by atoms with van der Waals surface area (Å²) in [6.07, 6.45) is 0.226. The molecular weight excluding hydrogens is 546 g/mol. The van der Waals surface area contributed by atoms with Crippen molar-refractivity contribution in [1.82, 2.24) is 9.78 Å². The largest absolute Gasteiger partial charge is 0.494 e. The maximum atomic E-state index is 12.0. The van der Waals surface area contributed by atoms with E-state index in [1.165, 1.54) is 11.6 Å². The van der Waals surface area contributed by atoms with Gasteiger partial charge in [-0.1, -0.05) is 32.9 Å². The van der Waals surface area contributed by atoms with E-state index in [0.29, 0.717) is 41.6 Å². The fourth-order valence-corrected chi connectivity index (χ4v) is 4.70. The van der Waals surface area contributed by atoms with E-state index >= 15 is 0 Å². The number of azo groups is 1. The standard InChI is InChI=1S/C28H35N7O5S/c1-7-34(15-10-16-41(37,38)39)20-13-14-22(23(17-20)30-19(2)36)31-32-27-21(18-29)26(28(3,4)5)33-35(27)24-11-8-9-12-25(24)40-6/h8-9,11-14,17H,7,10,15-16H2,1-6H3,(H,30,36)(H,37,38,39). The number of aromatic nitrogens is 2. The van der Waals surface area contributed by atoms with Crippen LogP contribution in [0.2, 0.25) is 0 Å².